The molecule has 0 spiro atoms. The summed E-state index contributed by atoms with van der Waals surface area (Å²) in [5.41, 5.74) is 0.563. The van der Waals surface area contributed by atoms with Crippen LogP contribution in [0.1, 0.15) is 33.6 Å². The van der Waals surface area contributed by atoms with Gasteiger partial charge < -0.3 is 9.47 Å². The van der Waals surface area contributed by atoms with E-state index in [1.807, 2.05) is 0 Å². The number of ether oxygens (including phenoxy) is 2. The number of Topliss-reactive ketones (excluding diaryl/α,β-unsaturated/α-hetero) is 2. The van der Waals surface area contributed by atoms with Crippen molar-refractivity contribution in [3.05, 3.63) is 63.9 Å². The van der Waals surface area contributed by atoms with Crippen molar-refractivity contribution in [3.63, 3.8) is 0 Å². The van der Waals surface area contributed by atoms with Gasteiger partial charge in [0.05, 0.1) is 13.5 Å². The first kappa shape index (κ1) is 19.8. The van der Waals surface area contributed by atoms with Crippen molar-refractivity contribution in [3.8, 4) is 5.75 Å². The predicted molar refractivity (Wildman–Crippen MR) is 95.9 cm³/mol. The highest BCUT2D eigenvalue weighted by atomic mass is 79.9. The van der Waals surface area contributed by atoms with Crippen LogP contribution < -0.4 is 4.74 Å². The van der Waals surface area contributed by atoms with Crippen molar-refractivity contribution in [1.82, 2.24) is 0 Å². The Balaban J connectivity index is 1.81. The zero-order valence-electron chi connectivity index (χ0n) is 14.0. The van der Waals surface area contributed by atoms with E-state index in [4.69, 9.17) is 9.47 Å². The van der Waals surface area contributed by atoms with E-state index in [0.29, 0.717) is 5.56 Å². The second-order valence-electron chi connectivity index (χ2n) is 5.36. The molecule has 0 aliphatic heterocycles. The van der Waals surface area contributed by atoms with E-state index in [2.05, 4.69) is 15.9 Å². The highest BCUT2D eigenvalue weighted by Gasteiger charge is 2.14. The van der Waals surface area contributed by atoms with Crippen molar-refractivity contribution < 1.29 is 28.2 Å². The molecule has 0 unspecified atom stereocenters. The number of ketones is 2. The fourth-order valence-electron chi connectivity index (χ4n) is 2.14. The van der Waals surface area contributed by atoms with Crippen molar-refractivity contribution in [2.24, 2.45) is 0 Å². The lowest BCUT2D eigenvalue weighted by atomic mass is 10.1. The average Bonchev–Trinajstić information content (AvgIpc) is 2.64. The Kier molecular flexibility index (Phi) is 7.03. The van der Waals surface area contributed by atoms with Crippen molar-refractivity contribution in [2.75, 3.05) is 13.7 Å². The van der Waals surface area contributed by atoms with Crippen LogP contribution in [0.15, 0.2) is 46.9 Å². The van der Waals surface area contributed by atoms with Gasteiger partial charge in [0.2, 0.25) is 0 Å². The minimum Gasteiger partial charge on any atom is -0.494 e. The fourth-order valence-corrected chi connectivity index (χ4v) is 2.40. The van der Waals surface area contributed by atoms with Crippen molar-refractivity contribution >= 4 is 33.5 Å². The zero-order valence-corrected chi connectivity index (χ0v) is 15.5. The van der Waals surface area contributed by atoms with Gasteiger partial charge in [0.15, 0.2) is 29.7 Å². The first-order chi connectivity index (χ1) is 12.4. The standard InChI is InChI=1S/C19H16BrFO5/c1-25-18-8-4-13(10-15(18)21)17(23)11-26-19(24)9-7-16(22)12-2-5-14(20)6-3-12/h2-6,8,10H,7,9,11H2,1H3. The molecule has 2 aromatic rings. The van der Waals surface area contributed by atoms with Crippen molar-refractivity contribution in [2.45, 2.75) is 12.8 Å². The molecular weight excluding hydrogens is 407 g/mol. The summed E-state index contributed by atoms with van der Waals surface area (Å²) < 4.78 is 24.1. The zero-order chi connectivity index (χ0) is 19.1. The number of benzene rings is 2. The van der Waals surface area contributed by atoms with Crippen LogP contribution in [-0.2, 0) is 9.53 Å². The molecule has 0 N–H and O–H groups in total. The van der Waals surface area contributed by atoms with Gasteiger partial charge in [-0.25, -0.2) is 4.39 Å². The van der Waals surface area contributed by atoms with Crippen LogP contribution in [0.2, 0.25) is 0 Å². The van der Waals surface area contributed by atoms with Gasteiger partial charge in [-0.3, -0.25) is 14.4 Å². The van der Waals surface area contributed by atoms with Gasteiger partial charge in [-0.15, -0.1) is 0 Å². The number of carbonyl (C=O) groups excluding carboxylic acids is 3. The molecular formula is C19H16BrFO5. The Morgan fingerprint density at radius 2 is 1.62 bits per heavy atom. The van der Waals surface area contributed by atoms with Crippen LogP contribution >= 0.6 is 15.9 Å². The number of hydrogen-bond donors (Lipinski definition) is 0. The van der Waals surface area contributed by atoms with Crippen LogP contribution in [0.3, 0.4) is 0 Å². The molecule has 7 heteroatoms. The van der Waals surface area contributed by atoms with Gasteiger partial charge in [-0.1, -0.05) is 28.1 Å². The lowest BCUT2D eigenvalue weighted by molar-refractivity contribution is -0.142. The first-order valence-corrected chi connectivity index (χ1v) is 8.51. The molecule has 2 rings (SSSR count). The van der Waals surface area contributed by atoms with E-state index < -0.39 is 24.2 Å². The quantitative estimate of drug-likeness (QED) is 0.475. The molecule has 0 atom stereocenters. The molecule has 26 heavy (non-hydrogen) atoms. The third-order valence-electron chi connectivity index (χ3n) is 3.56. The summed E-state index contributed by atoms with van der Waals surface area (Å²) in [4.78, 5) is 35.6. The van der Waals surface area contributed by atoms with Crippen LogP contribution in [0, 0.1) is 5.82 Å². The number of rotatable bonds is 8. The van der Waals surface area contributed by atoms with Crippen LogP contribution in [0.25, 0.3) is 0 Å². The van der Waals surface area contributed by atoms with Crippen LogP contribution in [-0.4, -0.2) is 31.3 Å². The number of carbonyl (C=O) groups is 3. The Hall–Kier alpha value is -2.54. The first-order valence-electron chi connectivity index (χ1n) is 7.72. The molecule has 0 heterocycles. The summed E-state index contributed by atoms with van der Waals surface area (Å²) in [5, 5.41) is 0. The summed E-state index contributed by atoms with van der Waals surface area (Å²) in [6, 6.07) is 10.5. The van der Waals surface area contributed by atoms with E-state index in [1.54, 1.807) is 24.3 Å². The second-order valence-corrected chi connectivity index (χ2v) is 6.28. The maximum Gasteiger partial charge on any atom is 0.306 e. The summed E-state index contributed by atoms with van der Waals surface area (Å²) in [7, 11) is 1.32. The molecule has 0 saturated carbocycles. The molecule has 0 aliphatic carbocycles. The second kappa shape index (κ2) is 9.24. The lowest BCUT2D eigenvalue weighted by Gasteiger charge is -2.06. The van der Waals surface area contributed by atoms with Gasteiger partial charge in [-0.2, -0.15) is 0 Å². The van der Waals surface area contributed by atoms with E-state index >= 15 is 0 Å². The van der Waals surface area contributed by atoms with Gasteiger partial charge >= 0.3 is 5.97 Å². The molecule has 0 saturated heterocycles. The van der Waals surface area contributed by atoms with Gasteiger partial charge in [-0.05, 0) is 30.3 Å². The van der Waals surface area contributed by atoms with E-state index in [-0.39, 0.29) is 29.9 Å². The van der Waals surface area contributed by atoms with E-state index in [1.165, 1.54) is 19.2 Å². The molecule has 0 radical (unpaired) electrons. The molecule has 5 nitrogen and oxygen atoms in total. The SMILES string of the molecule is COc1ccc(C(=O)COC(=O)CCC(=O)c2ccc(Br)cc2)cc1F. The van der Waals surface area contributed by atoms with Gasteiger partial charge in [0.25, 0.3) is 0 Å². The highest BCUT2D eigenvalue weighted by molar-refractivity contribution is 9.10. The smallest absolute Gasteiger partial charge is 0.306 e. The third kappa shape index (κ3) is 5.49. The summed E-state index contributed by atoms with van der Waals surface area (Å²) >= 11 is 3.27. The Bertz CT molecular complexity index is 817. The predicted octanol–water partition coefficient (Wildman–Crippen LogP) is 3.99. The molecule has 0 bridgehead atoms. The topological polar surface area (TPSA) is 69.7 Å². The molecule has 0 aromatic heterocycles. The fraction of sp³-hybridized carbons (Fsp3) is 0.211. The monoisotopic (exact) mass is 422 g/mol. The Morgan fingerprint density at radius 3 is 2.23 bits per heavy atom. The molecule has 0 aliphatic rings. The minimum absolute atomic E-state index is 0.0185. The highest BCUT2D eigenvalue weighted by Crippen LogP contribution is 2.18. The molecule has 0 amide bonds. The summed E-state index contributed by atoms with van der Waals surface area (Å²) in [5.74, 6) is -2.07. The number of esters is 1. The normalized spacial score (nSPS) is 10.3. The van der Waals surface area contributed by atoms with Crippen molar-refractivity contribution in [1.29, 1.82) is 0 Å². The van der Waals surface area contributed by atoms with Gasteiger partial charge in [0, 0.05) is 22.0 Å². The van der Waals surface area contributed by atoms with Crippen LogP contribution in [0.4, 0.5) is 4.39 Å². The summed E-state index contributed by atoms with van der Waals surface area (Å²) in [6.07, 6.45) is -0.162. The lowest BCUT2D eigenvalue weighted by Crippen LogP contribution is -2.15. The summed E-state index contributed by atoms with van der Waals surface area (Å²) in [6.45, 7) is -0.517. The minimum atomic E-state index is -0.676. The molecule has 2 aromatic carbocycles. The third-order valence-corrected chi connectivity index (χ3v) is 4.09. The number of halogens is 2. The maximum atomic E-state index is 13.6. The Labute approximate surface area is 158 Å². The number of methoxy groups -OCH3 is 1. The van der Waals surface area contributed by atoms with E-state index in [0.717, 1.165) is 10.5 Å². The Morgan fingerprint density at radius 1 is 0.962 bits per heavy atom. The van der Waals surface area contributed by atoms with Gasteiger partial charge in [0.1, 0.15) is 0 Å². The van der Waals surface area contributed by atoms with E-state index in [9.17, 15) is 18.8 Å². The maximum absolute atomic E-state index is 13.6. The number of hydrogen-bond acceptors (Lipinski definition) is 5. The van der Waals surface area contributed by atoms with Crippen LogP contribution in [0.5, 0.6) is 5.75 Å². The average molecular weight is 423 g/mol. The molecule has 0 fully saturated rings. The largest absolute Gasteiger partial charge is 0.494 e. The molecule has 136 valence electrons.